The van der Waals surface area contributed by atoms with Crippen molar-refractivity contribution < 1.29 is 19.1 Å². The van der Waals surface area contributed by atoms with Gasteiger partial charge in [-0.05, 0) is 31.2 Å². The van der Waals surface area contributed by atoms with Crippen LogP contribution in [0.1, 0.15) is 11.9 Å². The first-order chi connectivity index (χ1) is 14.2. The lowest BCUT2D eigenvalue weighted by Gasteiger charge is -2.12. The number of aromatic nitrogens is 1. The van der Waals surface area contributed by atoms with Gasteiger partial charge in [-0.3, -0.25) is 20.4 Å². The highest BCUT2D eigenvalue weighted by Crippen LogP contribution is 2.26. The monoisotopic (exact) mass is 431 g/mol. The second-order valence-corrected chi connectivity index (χ2v) is 7.93. The molecule has 29 heavy (non-hydrogen) atoms. The number of benzene rings is 2. The van der Waals surface area contributed by atoms with Crippen LogP contribution in [0.15, 0.2) is 48.5 Å². The summed E-state index contributed by atoms with van der Waals surface area (Å²) >= 11 is 3.05. The first-order valence-corrected chi connectivity index (χ1v) is 11.0. The van der Waals surface area contributed by atoms with Crippen molar-refractivity contribution in [3.8, 4) is 11.5 Å². The van der Waals surface area contributed by atoms with Gasteiger partial charge in [-0.1, -0.05) is 24.3 Å². The zero-order valence-electron chi connectivity index (χ0n) is 15.8. The highest BCUT2D eigenvalue weighted by molar-refractivity contribution is 7.99. The molecule has 3 rings (SSSR count). The van der Waals surface area contributed by atoms with Gasteiger partial charge in [-0.15, -0.1) is 23.1 Å². The summed E-state index contributed by atoms with van der Waals surface area (Å²) in [7, 11) is 0. The number of thiazole rings is 1. The topological polar surface area (TPSA) is 89.5 Å². The van der Waals surface area contributed by atoms with E-state index in [1.165, 1.54) is 11.8 Å². The second-order valence-electron chi connectivity index (χ2n) is 5.83. The third-order valence-corrected chi connectivity index (χ3v) is 5.81. The van der Waals surface area contributed by atoms with Crippen LogP contribution in [-0.4, -0.2) is 35.8 Å². The Balaban J connectivity index is 1.35. The van der Waals surface area contributed by atoms with Gasteiger partial charge in [0.05, 0.1) is 22.6 Å². The molecule has 0 unspecified atom stereocenters. The van der Waals surface area contributed by atoms with Gasteiger partial charge in [-0.25, -0.2) is 4.98 Å². The number of amides is 2. The minimum absolute atomic E-state index is 0.213. The number of thioether (sulfide) groups is 1. The Bertz CT molecular complexity index is 944. The van der Waals surface area contributed by atoms with Gasteiger partial charge in [0.1, 0.15) is 5.01 Å². The van der Waals surface area contributed by atoms with Gasteiger partial charge in [0.15, 0.2) is 18.1 Å². The minimum Gasteiger partial charge on any atom is -0.490 e. The molecule has 7 nitrogen and oxygen atoms in total. The van der Waals surface area contributed by atoms with Gasteiger partial charge in [0.25, 0.3) is 5.91 Å². The molecule has 2 amide bonds. The Morgan fingerprint density at radius 3 is 2.45 bits per heavy atom. The number of fused-ring (bicyclic) bond motifs is 1. The Hall–Kier alpha value is -2.78. The average Bonchev–Trinajstić information content (AvgIpc) is 3.14. The maximum absolute atomic E-state index is 11.9. The lowest BCUT2D eigenvalue weighted by Crippen LogP contribution is -2.44. The quantitative estimate of drug-likeness (QED) is 0.506. The van der Waals surface area contributed by atoms with Crippen LogP contribution in [0, 0.1) is 0 Å². The fourth-order valence-corrected chi connectivity index (χ4v) is 4.26. The van der Waals surface area contributed by atoms with Crippen LogP contribution in [0.3, 0.4) is 0 Å². The van der Waals surface area contributed by atoms with Crippen molar-refractivity contribution in [3.05, 3.63) is 53.5 Å². The number of nitrogens with zero attached hydrogens (tertiary/aromatic N) is 1. The Morgan fingerprint density at radius 1 is 1.00 bits per heavy atom. The normalized spacial score (nSPS) is 10.5. The van der Waals surface area contributed by atoms with E-state index in [0.29, 0.717) is 23.9 Å². The maximum atomic E-state index is 11.9. The Labute approximate surface area is 176 Å². The molecule has 0 aliphatic carbocycles. The zero-order chi connectivity index (χ0) is 20.5. The molecule has 0 radical (unpaired) electrons. The standard InChI is InChI=1S/C20H21N3O4S2/c1-2-26-15-8-4-5-9-16(15)27-11-18(24)22-23-19(25)12-28-13-20-21-14-7-3-6-10-17(14)29-20/h3-10H,2,11-13H2,1H3,(H,22,24)(H,23,25). The van der Waals surface area contributed by atoms with Gasteiger partial charge in [0.2, 0.25) is 5.91 Å². The van der Waals surface area contributed by atoms with E-state index < -0.39 is 5.91 Å². The molecule has 2 aromatic carbocycles. The predicted octanol–water partition coefficient (Wildman–Crippen LogP) is 3.15. The van der Waals surface area contributed by atoms with E-state index in [9.17, 15) is 9.59 Å². The van der Waals surface area contributed by atoms with Crippen molar-refractivity contribution in [2.75, 3.05) is 19.0 Å². The molecule has 9 heteroatoms. The SMILES string of the molecule is CCOc1ccccc1OCC(=O)NNC(=O)CSCc1nc2ccccc2s1. The molecule has 0 spiro atoms. The van der Waals surface area contributed by atoms with Crippen molar-refractivity contribution in [1.29, 1.82) is 0 Å². The summed E-state index contributed by atoms with van der Waals surface area (Å²) in [6.45, 7) is 2.13. The van der Waals surface area contributed by atoms with Crippen LogP contribution in [0.25, 0.3) is 10.2 Å². The molecule has 0 saturated heterocycles. The number of hydrogen-bond acceptors (Lipinski definition) is 7. The number of nitrogens with one attached hydrogen (secondary N) is 2. The molecule has 152 valence electrons. The lowest BCUT2D eigenvalue weighted by molar-refractivity contribution is -0.128. The predicted molar refractivity (Wildman–Crippen MR) is 115 cm³/mol. The fraction of sp³-hybridized carbons (Fsp3) is 0.250. The number of hydrazine groups is 1. The van der Waals surface area contributed by atoms with E-state index in [1.807, 2.05) is 37.3 Å². The van der Waals surface area contributed by atoms with Gasteiger partial charge in [0, 0.05) is 5.75 Å². The average molecular weight is 432 g/mol. The number of carbonyl (C=O) groups excluding carboxylic acids is 2. The molecule has 1 heterocycles. The first kappa shape index (κ1) is 20.9. The van der Waals surface area contributed by atoms with E-state index in [2.05, 4.69) is 15.8 Å². The molecule has 1 aromatic heterocycles. The van der Waals surface area contributed by atoms with Crippen molar-refractivity contribution in [3.63, 3.8) is 0 Å². The Kier molecular flexibility index (Phi) is 7.71. The van der Waals surface area contributed by atoms with E-state index in [4.69, 9.17) is 9.47 Å². The molecule has 0 bridgehead atoms. The summed E-state index contributed by atoms with van der Waals surface area (Å²) < 4.78 is 12.0. The van der Waals surface area contributed by atoms with E-state index >= 15 is 0 Å². The van der Waals surface area contributed by atoms with Crippen LogP contribution in [-0.2, 0) is 15.3 Å². The first-order valence-electron chi connectivity index (χ1n) is 9.00. The molecule has 2 N–H and O–H groups in total. The van der Waals surface area contributed by atoms with Gasteiger partial charge >= 0.3 is 0 Å². The van der Waals surface area contributed by atoms with Crippen LogP contribution < -0.4 is 20.3 Å². The fourth-order valence-electron chi connectivity index (χ4n) is 2.41. The summed E-state index contributed by atoms with van der Waals surface area (Å²) in [4.78, 5) is 28.3. The summed E-state index contributed by atoms with van der Waals surface area (Å²) in [5, 5.41) is 0.967. The number of rotatable bonds is 9. The number of para-hydroxylation sites is 3. The molecule has 3 aromatic rings. The summed E-state index contributed by atoms with van der Waals surface area (Å²) in [5.41, 5.74) is 5.70. The van der Waals surface area contributed by atoms with Crippen LogP contribution in [0.4, 0.5) is 0 Å². The molecule has 0 aliphatic heterocycles. The van der Waals surface area contributed by atoms with Gasteiger partial charge < -0.3 is 9.47 Å². The smallest absolute Gasteiger partial charge is 0.276 e. The van der Waals surface area contributed by atoms with Crippen molar-refractivity contribution in [2.24, 2.45) is 0 Å². The van der Waals surface area contributed by atoms with Crippen molar-refractivity contribution >= 4 is 45.1 Å². The van der Waals surface area contributed by atoms with E-state index in [1.54, 1.807) is 29.5 Å². The third-order valence-electron chi connectivity index (χ3n) is 3.65. The highest BCUT2D eigenvalue weighted by Gasteiger charge is 2.09. The number of carbonyl (C=O) groups is 2. The largest absolute Gasteiger partial charge is 0.490 e. The molecule has 0 atom stereocenters. The van der Waals surface area contributed by atoms with E-state index in [0.717, 1.165) is 15.2 Å². The van der Waals surface area contributed by atoms with Crippen molar-refractivity contribution in [2.45, 2.75) is 12.7 Å². The summed E-state index contributed by atoms with van der Waals surface area (Å²) in [6.07, 6.45) is 0. The maximum Gasteiger partial charge on any atom is 0.276 e. The number of hydrogen-bond donors (Lipinski definition) is 2. The lowest BCUT2D eigenvalue weighted by atomic mass is 10.3. The summed E-state index contributed by atoms with van der Waals surface area (Å²) in [5.74, 6) is 1.14. The molecular formula is C20H21N3O4S2. The molecular weight excluding hydrogens is 410 g/mol. The van der Waals surface area contributed by atoms with Crippen LogP contribution in [0.2, 0.25) is 0 Å². The molecule has 0 fully saturated rings. The molecule has 0 saturated carbocycles. The molecule has 0 aliphatic rings. The zero-order valence-corrected chi connectivity index (χ0v) is 17.5. The minimum atomic E-state index is -0.458. The van der Waals surface area contributed by atoms with E-state index in [-0.39, 0.29) is 18.3 Å². The van der Waals surface area contributed by atoms with Crippen LogP contribution in [0.5, 0.6) is 11.5 Å². The van der Waals surface area contributed by atoms with Crippen molar-refractivity contribution in [1.82, 2.24) is 15.8 Å². The second kappa shape index (κ2) is 10.7. The summed E-state index contributed by atoms with van der Waals surface area (Å²) in [6, 6.07) is 15.0. The highest BCUT2D eigenvalue weighted by atomic mass is 32.2. The Morgan fingerprint density at radius 2 is 1.69 bits per heavy atom. The third kappa shape index (κ3) is 6.37. The number of ether oxygens (including phenoxy) is 2. The van der Waals surface area contributed by atoms with Gasteiger partial charge in [-0.2, -0.15) is 0 Å². The van der Waals surface area contributed by atoms with Crippen LogP contribution >= 0.6 is 23.1 Å².